The van der Waals surface area contributed by atoms with Crippen LogP contribution in [0.25, 0.3) is 0 Å². The molecule has 0 aromatic heterocycles. The Kier molecular flexibility index (Phi) is 10.9. The normalized spacial score (nSPS) is 12.6. The molecule has 0 unspecified atom stereocenters. The zero-order valence-corrected chi connectivity index (χ0v) is 14.0. The SMILES string of the molecule is CC(C)(C)CC(CO)CO.CC(C)CC(C)(C)CO. The Morgan fingerprint density at radius 3 is 1.32 bits per heavy atom. The highest BCUT2D eigenvalue weighted by atomic mass is 16.3. The highest BCUT2D eigenvalue weighted by Gasteiger charge is 2.17. The molecule has 0 aromatic rings. The molecule has 0 fully saturated rings. The second-order valence-corrected chi connectivity index (χ2v) is 7.92. The van der Waals surface area contributed by atoms with Crippen molar-refractivity contribution in [2.45, 2.75) is 61.3 Å². The monoisotopic (exact) mass is 276 g/mol. The minimum Gasteiger partial charge on any atom is -0.396 e. The summed E-state index contributed by atoms with van der Waals surface area (Å²) in [7, 11) is 0. The third-order valence-corrected chi connectivity index (χ3v) is 2.81. The predicted molar refractivity (Wildman–Crippen MR) is 82.1 cm³/mol. The van der Waals surface area contributed by atoms with Crippen LogP contribution in [0.1, 0.15) is 61.3 Å². The maximum atomic E-state index is 8.84. The minimum atomic E-state index is 0.0556. The lowest BCUT2D eigenvalue weighted by molar-refractivity contribution is 0.115. The fourth-order valence-corrected chi connectivity index (χ4v) is 2.22. The van der Waals surface area contributed by atoms with Crippen molar-refractivity contribution in [2.24, 2.45) is 22.7 Å². The Labute approximate surface area is 120 Å². The van der Waals surface area contributed by atoms with Crippen LogP contribution in [-0.2, 0) is 0 Å². The Hall–Kier alpha value is -0.120. The van der Waals surface area contributed by atoms with Gasteiger partial charge in [-0.15, -0.1) is 0 Å². The molecule has 0 atom stereocenters. The van der Waals surface area contributed by atoms with Gasteiger partial charge < -0.3 is 15.3 Å². The van der Waals surface area contributed by atoms with Gasteiger partial charge in [0.05, 0.1) is 0 Å². The smallest absolute Gasteiger partial charge is 0.0482 e. The van der Waals surface area contributed by atoms with Gasteiger partial charge in [-0.3, -0.25) is 0 Å². The highest BCUT2D eigenvalue weighted by molar-refractivity contribution is 4.68. The molecular formula is C16H36O3. The summed E-state index contributed by atoms with van der Waals surface area (Å²) in [5.41, 5.74) is 0.324. The molecule has 0 aliphatic rings. The van der Waals surface area contributed by atoms with Crippen molar-refractivity contribution < 1.29 is 15.3 Å². The van der Waals surface area contributed by atoms with E-state index in [1.165, 1.54) is 0 Å². The topological polar surface area (TPSA) is 60.7 Å². The zero-order valence-electron chi connectivity index (χ0n) is 14.0. The Bertz CT molecular complexity index is 201. The lowest BCUT2D eigenvalue weighted by Gasteiger charge is -2.23. The second kappa shape index (κ2) is 9.73. The first kappa shape index (κ1) is 21.2. The first-order chi connectivity index (χ1) is 8.47. The average molecular weight is 276 g/mol. The predicted octanol–water partition coefficient (Wildman–Crippen LogP) is 3.07. The first-order valence-electron chi connectivity index (χ1n) is 7.30. The van der Waals surface area contributed by atoms with E-state index in [0.717, 1.165) is 12.8 Å². The van der Waals surface area contributed by atoms with Gasteiger partial charge in [0, 0.05) is 25.7 Å². The van der Waals surface area contributed by atoms with Crippen molar-refractivity contribution in [3.8, 4) is 0 Å². The van der Waals surface area contributed by atoms with E-state index in [2.05, 4.69) is 48.5 Å². The van der Waals surface area contributed by atoms with Crippen LogP contribution in [0.4, 0.5) is 0 Å². The summed E-state index contributed by atoms with van der Waals surface area (Å²) in [5.74, 6) is 0.743. The molecule has 0 spiro atoms. The van der Waals surface area contributed by atoms with Crippen molar-refractivity contribution in [1.29, 1.82) is 0 Å². The molecule has 118 valence electrons. The molecule has 3 nitrogen and oxygen atoms in total. The van der Waals surface area contributed by atoms with Crippen LogP contribution in [0.3, 0.4) is 0 Å². The first-order valence-corrected chi connectivity index (χ1v) is 7.30. The Balaban J connectivity index is 0. The molecule has 0 heterocycles. The summed E-state index contributed by atoms with van der Waals surface area (Å²) in [6, 6.07) is 0. The third-order valence-electron chi connectivity index (χ3n) is 2.81. The summed E-state index contributed by atoms with van der Waals surface area (Å²) >= 11 is 0. The van der Waals surface area contributed by atoms with Gasteiger partial charge in [0.1, 0.15) is 0 Å². The van der Waals surface area contributed by atoms with E-state index in [4.69, 9.17) is 15.3 Å². The molecule has 0 saturated carbocycles. The maximum absolute atomic E-state index is 8.84. The van der Waals surface area contributed by atoms with Gasteiger partial charge in [-0.05, 0) is 29.6 Å². The second-order valence-electron chi connectivity index (χ2n) is 7.92. The van der Waals surface area contributed by atoms with Crippen LogP contribution in [0.5, 0.6) is 0 Å². The van der Waals surface area contributed by atoms with Crippen molar-refractivity contribution in [1.82, 2.24) is 0 Å². The van der Waals surface area contributed by atoms with E-state index in [9.17, 15) is 0 Å². The molecule has 0 aromatic carbocycles. The van der Waals surface area contributed by atoms with Gasteiger partial charge in [0.2, 0.25) is 0 Å². The van der Waals surface area contributed by atoms with Crippen LogP contribution in [0.15, 0.2) is 0 Å². The van der Waals surface area contributed by atoms with Gasteiger partial charge in [-0.2, -0.15) is 0 Å². The Morgan fingerprint density at radius 1 is 0.789 bits per heavy atom. The average Bonchev–Trinajstić information content (AvgIpc) is 2.24. The molecule has 0 radical (unpaired) electrons. The highest BCUT2D eigenvalue weighted by Crippen LogP contribution is 2.24. The summed E-state index contributed by atoms with van der Waals surface area (Å²) in [6.07, 6.45) is 1.98. The largest absolute Gasteiger partial charge is 0.396 e. The van der Waals surface area contributed by atoms with Crippen molar-refractivity contribution in [3.05, 3.63) is 0 Å². The van der Waals surface area contributed by atoms with Crippen molar-refractivity contribution in [3.63, 3.8) is 0 Å². The van der Waals surface area contributed by atoms with Crippen molar-refractivity contribution >= 4 is 0 Å². The molecular weight excluding hydrogens is 240 g/mol. The van der Waals surface area contributed by atoms with Crippen LogP contribution in [-0.4, -0.2) is 35.1 Å². The molecule has 0 bridgehead atoms. The quantitative estimate of drug-likeness (QED) is 0.698. The number of aliphatic hydroxyl groups is 3. The maximum Gasteiger partial charge on any atom is 0.0482 e. The van der Waals surface area contributed by atoms with Crippen LogP contribution in [0, 0.1) is 22.7 Å². The van der Waals surface area contributed by atoms with E-state index in [1.54, 1.807) is 0 Å². The van der Waals surface area contributed by atoms with Crippen molar-refractivity contribution in [2.75, 3.05) is 19.8 Å². The van der Waals surface area contributed by atoms with E-state index in [1.807, 2.05) is 0 Å². The van der Waals surface area contributed by atoms with E-state index in [-0.39, 0.29) is 30.0 Å². The summed E-state index contributed by atoms with van der Waals surface area (Å²) < 4.78 is 0. The van der Waals surface area contributed by atoms with Gasteiger partial charge in [0.25, 0.3) is 0 Å². The van der Waals surface area contributed by atoms with Gasteiger partial charge in [0.15, 0.2) is 0 Å². The van der Waals surface area contributed by atoms with E-state index in [0.29, 0.717) is 12.5 Å². The van der Waals surface area contributed by atoms with Crippen LogP contribution < -0.4 is 0 Å². The summed E-state index contributed by atoms with van der Waals surface area (Å²) in [4.78, 5) is 0. The van der Waals surface area contributed by atoms with Gasteiger partial charge >= 0.3 is 0 Å². The number of aliphatic hydroxyl groups excluding tert-OH is 3. The summed E-state index contributed by atoms with van der Waals surface area (Å²) in [5, 5.41) is 26.3. The Morgan fingerprint density at radius 2 is 1.21 bits per heavy atom. The number of hydrogen-bond acceptors (Lipinski definition) is 3. The molecule has 0 aliphatic carbocycles. The standard InChI is InChI=1S/C8H18O2.C8H18O/c1-8(2,3)4-7(5-9)6-10;1-7(2)5-8(3,4)6-9/h7,9-10H,4-6H2,1-3H3;7,9H,5-6H2,1-4H3. The van der Waals surface area contributed by atoms with Gasteiger partial charge in [-0.1, -0.05) is 48.5 Å². The molecule has 0 amide bonds. The van der Waals surface area contributed by atoms with E-state index >= 15 is 0 Å². The lowest BCUT2D eigenvalue weighted by atomic mass is 9.85. The zero-order chi connectivity index (χ0) is 15.7. The molecule has 0 rings (SSSR count). The van der Waals surface area contributed by atoms with Crippen LogP contribution in [0.2, 0.25) is 0 Å². The molecule has 0 saturated heterocycles. The summed E-state index contributed by atoms with van der Waals surface area (Å²) in [6.45, 7) is 15.3. The number of hydrogen-bond donors (Lipinski definition) is 3. The fraction of sp³-hybridized carbons (Fsp3) is 1.00. The van der Waals surface area contributed by atoms with Crippen LogP contribution >= 0.6 is 0 Å². The minimum absolute atomic E-state index is 0.0556. The fourth-order valence-electron chi connectivity index (χ4n) is 2.22. The lowest BCUT2D eigenvalue weighted by Crippen LogP contribution is -2.19. The molecule has 3 heteroatoms. The third kappa shape index (κ3) is 15.8. The van der Waals surface area contributed by atoms with Gasteiger partial charge in [-0.25, -0.2) is 0 Å². The van der Waals surface area contributed by atoms with E-state index < -0.39 is 0 Å². The number of rotatable bonds is 6. The molecule has 19 heavy (non-hydrogen) atoms. The molecule has 3 N–H and O–H groups in total. The molecule has 0 aliphatic heterocycles.